The largest absolute Gasteiger partial charge is 0.334 e. The molecule has 1 aliphatic heterocycles. The van der Waals surface area contributed by atoms with Crippen LogP contribution in [-0.4, -0.2) is 23.2 Å². The average Bonchev–Trinajstić information content (AvgIpc) is 2.98. The zero-order valence-corrected chi connectivity index (χ0v) is 9.22. The third kappa shape index (κ3) is 2.21. The predicted octanol–water partition coefficient (Wildman–Crippen LogP) is 1.75. The van der Waals surface area contributed by atoms with Gasteiger partial charge in [0.15, 0.2) is 5.82 Å². The summed E-state index contributed by atoms with van der Waals surface area (Å²) in [6.07, 6.45) is 5.67. The van der Waals surface area contributed by atoms with Crippen LogP contribution in [-0.2, 0) is 0 Å². The maximum Gasteiger partial charge on any atom is 0.254 e. The molecule has 3 rings (SSSR count). The fraction of sp³-hybridized carbons (Fsp3) is 0.600. The second kappa shape index (κ2) is 4.33. The standard InChI is InChI=1S/C10H13N3O.ClH/c1-2-8(6-11-5-1)10-12-9(13-14-10)7-3-4-7;/h2,7,11H,1,3-6H2;1H. The Balaban J connectivity index is 0.000000853. The summed E-state index contributed by atoms with van der Waals surface area (Å²) in [6.45, 7) is 1.90. The van der Waals surface area contributed by atoms with E-state index < -0.39 is 0 Å². The molecule has 0 radical (unpaired) electrons. The summed E-state index contributed by atoms with van der Waals surface area (Å²) in [5.41, 5.74) is 1.15. The molecule has 1 aliphatic carbocycles. The van der Waals surface area contributed by atoms with E-state index >= 15 is 0 Å². The van der Waals surface area contributed by atoms with Gasteiger partial charge in [-0.15, -0.1) is 12.4 Å². The third-order valence-corrected chi connectivity index (χ3v) is 2.69. The monoisotopic (exact) mass is 227 g/mol. The van der Waals surface area contributed by atoms with Gasteiger partial charge >= 0.3 is 0 Å². The number of nitrogens with zero attached hydrogens (tertiary/aromatic N) is 2. The number of halogens is 1. The topological polar surface area (TPSA) is 51.0 Å². The number of rotatable bonds is 2. The molecule has 0 amide bonds. The van der Waals surface area contributed by atoms with E-state index in [1.54, 1.807) is 0 Å². The molecule has 0 unspecified atom stereocenters. The van der Waals surface area contributed by atoms with Crippen LogP contribution in [0.5, 0.6) is 0 Å². The van der Waals surface area contributed by atoms with E-state index in [4.69, 9.17) is 4.52 Å². The highest BCUT2D eigenvalue weighted by atomic mass is 35.5. The van der Waals surface area contributed by atoms with Crippen LogP contribution in [0, 0.1) is 0 Å². The first-order valence-electron chi connectivity index (χ1n) is 5.17. The third-order valence-electron chi connectivity index (χ3n) is 2.69. The number of nitrogens with one attached hydrogen (secondary N) is 1. The van der Waals surface area contributed by atoms with Gasteiger partial charge < -0.3 is 9.84 Å². The van der Waals surface area contributed by atoms with E-state index in [0.717, 1.165) is 30.9 Å². The van der Waals surface area contributed by atoms with Gasteiger partial charge in [-0.1, -0.05) is 11.2 Å². The Labute approximate surface area is 94.5 Å². The summed E-state index contributed by atoms with van der Waals surface area (Å²) < 4.78 is 5.24. The molecule has 0 atom stereocenters. The molecule has 0 saturated heterocycles. The minimum Gasteiger partial charge on any atom is -0.334 e. The lowest BCUT2D eigenvalue weighted by atomic mass is 10.1. The van der Waals surface area contributed by atoms with Crippen molar-refractivity contribution in [3.8, 4) is 0 Å². The molecule has 4 nitrogen and oxygen atoms in total. The van der Waals surface area contributed by atoms with Gasteiger partial charge in [-0.2, -0.15) is 4.98 Å². The Morgan fingerprint density at radius 2 is 2.27 bits per heavy atom. The Bertz CT molecular complexity index is 370. The molecule has 2 aliphatic rings. The van der Waals surface area contributed by atoms with E-state index in [-0.39, 0.29) is 12.4 Å². The van der Waals surface area contributed by atoms with Crippen LogP contribution in [0.2, 0.25) is 0 Å². The Hall–Kier alpha value is -0.870. The lowest BCUT2D eigenvalue weighted by Crippen LogP contribution is -2.21. The van der Waals surface area contributed by atoms with Crippen molar-refractivity contribution in [2.45, 2.75) is 25.2 Å². The van der Waals surface area contributed by atoms with Crippen LogP contribution < -0.4 is 5.32 Å². The number of hydrogen-bond acceptors (Lipinski definition) is 4. The predicted molar refractivity (Wildman–Crippen MR) is 59.0 cm³/mol. The van der Waals surface area contributed by atoms with Crippen molar-refractivity contribution >= 4 is 18.0 Å². The minimum atomic E-state index is 0. The van der Waals surface area contributed by atoms with Crippen molar-refractivity contribution < 1.29 is 4.52 Å². The van der Waals surface area contributed by atoms with Gasteiger partial charge in [0.05, 0.1) is 0 Å². The van der Waals surface area contributed by atoms with Gasteiger partial charge in [-0.05, 0) is 25.8 Å². The molecule has 1 N–H and O–H groups in total. The molecular weight excluding hydrogens is 214 g/mol. The quantitative estimate of drug-likeness (QED) is 0.836. The first kappa shape index (κ1) is 10.6. The second-order valence-corrected chi connectivity index (χ2v) is 3.93. The van der Waals surface area contributed by atoms with Crippen molar-refractivity contribution in [2.75, 3.05) is 13.1 Å². The van der Waals surface area contributed by atoms with Gasteiger partial charge in [0.1, 0.15) is 0 Å². The lowest BCUT2D eigenvalue weighted by Gasteiger charge is -2.09. The van der Waals surface area contributed by atoms with Crippen molar-refractivity contribution in [1.82, 2.24) is 15.5 Å². The molecule has 1 saturated carbocycles. The van der Waals surface area contributed by atoms with E-state index in [0.29, 0.717) is 11.8 Å². The zero-order chi connectivity index (χ0) is 9.38. The van der Waals surface area contributed by atoms with Crippen molar-refractivity contribution in [2.24, 2.45) is 0 Å². The molecular formula is C10H14ClN3O. The summed E-state index contributed by atoms with van der Waals surface area (Å²) in [7, 11) is 0. The summed E-state index contributed by atoms with van der Waals surface area (Å²) >= 11 is 0. The van der Waals surface area contributed by atoms with Gasteiger partial charge in [0.2, 0.25) is 0 Å². The van der Waals surface area contributed by atoms with Gasteiger partial charge in [-0.25, -0.2) is 0 Å². The average molecular weight is 228 g/mol. The maximum atomic E-state index is 5.24. The van der Waals surface area contributed by atoms with E-state index in [1.165, 1.54) is 12.8 Å². The smallest absolute Gasteiger partial charge is 0.254 e. The highest BCUT2D eigenvalue weighted by molar-refractivity contribution is 5.85. The summed E-state index contributed by atoms with van der Waals surface area (Å²) in [5.74, 6) is 2.18. The molecule has 1 aromatic rings. The summed E-state index contributed by atoms with van der Waals surface area (Å²) in [4.78, 5) is 4.41. The van der Waals surface area contributed by atoms with Crippen LogP contribution in [0.25, 0.3) is 5.57 Å². The summed E-state index contributed by atoms with van der Waals surface area (Å²) in [6, 6.07) is 0. The number of aromatic nitrogens is 2. The van der Waals surface area contributed by atoms with Gasteiger partial charge in [-0.3, -0.25) is 0 Å². The SMILES string of the molecule is C1=C(c2nc(C3CC3)no2)CNCC1.Cl. The minimum absolute atomic E-state index is 0. The first-order valence-corrected chi connectivity index (χ1v) is 5.17. The fourth-order valence-electron chi connectivity index (χ4n) is 1.68. The summed E-state index contributed by atoms with van der Waals surface area (Å²) in [5, 5.41) is 7.29. The molecule has 0 bridgehead atoms. The Kier molecular flexibility index (Phi) is 3.07. The molecule has 1 aromatic heterocycles. The van der Waals surface area contributed by atoms with Crippen LogP contribution in [0.4, 0.5) is 0 Å². The molecule has 0 spiro atoms. The molecule has 82 valence electrons. The highest BCUT2D eigenvalue weighted by Gasteiger charge is 2.29. The molecule has 1 fully saturated rings. The normalized spacial score (nSPS) is 20.7. The number of hydrogen-bond donors (Lipinski definition) is 1. The van der Waals surface area contributed by atoms with Crippen LogP contribution >= 0.6 is 12.4 Å². The lowest BCUT2D eigenvalue weighted by molar-refractivity contribution is 0.398. The van der Waals surface area contributed by atoms with Gasteiger partial charge in [0.25, 0.3) is 5.89 Å². The van der Waals surface area contributed by atoms with Crippen LogP contribution in [0.1, 0.15) is 36.9 Å². The first-order chi connectivity index (χ1) is 6.93. The van der Waals surface area contributed by atoms with E-state index in [9.17, 15) is 0 Å². The molecule has 5 heteroatoms. The second-order valence-electron chi connectivity index (χ2n) is 3.93. The molecule has 15 heavy (non-hydrogen) atoms. The maximum absolute atomic E-state index is 5.24. The Morgan fingerprint density at radius 1 is 1.40 bits per heavy atom. The highest BCUT2D eigenvalue weighted by Crippen LogP contribution is 2.38. The van der Waals surface area contributed by atoms with E-state index in [1.807, 2.05) is 0 Å². The van der Waals surface area contributed by atoms with E-state index in [2.05, 4.69) is 21.5 Å². The van der Waals surface area contributed by atoms with Gasteiger partial charge in [0, 0.05) is 18.0 Å². The van der Waals surface area contributed by atoms with Crippen molar-refractivity contribution in [1.29, 1.82) is 0 Å². The zero-order valence-electron chi connectivity index (χ0n) is 8.40. The van der Waals surface area contributed by atoms with Crippen LogP contribution in [0.15, 0.2) is 10.6 Å². The van der Waals surface area contributed by atoms with Crippen molar-refractivity contribution in [3.05, 3.63) is 17.8 Å². The Morgan fingerprint density at radius 3 is 2.93 bits per heavy atom. The molecule has 2 heterocycles. The fourth-order valence-corrected chi connectivity index (χ4v) is 1.68. The van der Waals surface area contributed by atoms with Crippen molar-refractivity contribution in [3.63, 3.8) is 0 Å². The van der Waals surface area contributed by atoms with Crippen LogP contribution in [0.3, 0.4) is 0 Å². The molecule has 0 aromatic carbocycles.